The van der Waals surface area contributed by atoms with E-state index in [1.54, 1.807) is 0 Å². The second kappa shape index (κ2) is 10.4. The predicted octanol–water partition coefficient (Wildman–Crippen LogP) is 12.3. The van der Waals surface area contributed by atoms with Gasteiger partial charge in [0.15, 0.2) is 17.5 Å². The summed E-state index contributed by atoms with van der Waals surface area (Å²) >= 11 is 0. The van der Waals surface area contributed by atoms with Gasteiger partial charge < -0.3 is 0 Å². The van der Waals surface area contributed by atoms with Crippen LogP contribution in [-0.4, -0.2) is 15.0 Å². The highest BCUT2D eigenvalue weighted by Gasteiger charge is 2.27. The van der Waals surface area contributed by atoms with Gasteiger partial charge in [0.05, 0.1) is 0 Å². The third-order valence-corrected chi connectivity index (χ3v) is 10.4. The number of hydrogen-bond donors (Lipinski definition) is 0. The molecule has 0 aliphatic heterocycles. The van der Waals surface area contributed by atoms with Crippen molar-refractivity contribution in [1.82, 2.24) is 15.0 Å². The molecule has 0 unspecified atom stereocenters. The molecule has 0 N–H and O–H groups in total. The highest BCUT2D eigenvalue weighted by molar-refractivity contribution is 6.29. The van der Waals surface area contributed by atoms with Crippen LogP contribution in [0, 0.1) is 0 Å². The second-order valence-corrected chi connectivity index (χ2v) is 13.2. The monoisotopic (exact) mass is 633 g/mol. The lowest BCUT2D eigenvalue weighted by Gasteiger charge is -2.14. The molecule has 0 radical (unpaired) electrons. The Bertz CT molecular complexity index is 2950. The van der Waals surface area contributed by atoms with Crippen molar-refractivity contribution in [2.24, 2.45) is 0 Å². The zero-order chi connectivity index (χ0) is 32.8. The standard InChI is InChI=1S/C47H27N3/c1-3-12-31-25-34(19-17-28(31)9-1)45-48-46(35-20-18-29-10-2-4-13-32(29)26-35)50-47(49-45)40-24-23-39-42-36-15-7-5-11-30(36)21-22-38(42)41-27-33-14-6-8-16-37(33)43(40)44(39)41/h1-27H. The van der Waals surface area contributed by atoms with Gasteiger partial charge in [-0.1, -0.05) is 140 Å². The summed E-state index contributed by atoms with van der Waals surface area (Å²) in [4.78, 5) is 15.7. The highest BCUT2D eigenvalue weighted by Crippen LogP contribution is 2.53. The zero-order valence-corrected chi connectivity index (χ0v) is 26.9. The second-order valence-electron chi connectivity index (χ2n) is 13.2. The van der Waals surface area contributed by atoms with Gasteiger partial charge in [0.25, 0.3) is 0 Å². The predicted molar refractivity (Wildman–Crippen MR) is 208 cm³/mol. The summed E-state index contributed by atoms with van der Waals surface area (Å²) in [6, 6.07) is 58.6. The van der Waals surface area contributed by atoms with Crippen molar-refractivity contribution in [2.45, 2.75) is 0 Å². The Kier molecular flexibility index (Phi) is 5.67. The summed E-state index contributed by atoms with van der Waals surface area (Å²) < 4.78 is 0. The van der Waals surface area contributed by atoms with Gasteiger partial charge in [-0.3, -0.25) is 0 Å². The Morgan fingerprint density at radius 1 is 0.280 bits per heavy atom. The molecular formula is C47H27N3. The number of rotatable bonds is 3. The van der Waals surface area contributed by atoms with Crippen molar-refractivity contribution < 1.29 is 0 Å². The van der Waals surface area contributed by atoms with E-state index in [0.717, 1.165) is 27.5 Å². The minimum absolute atomic E-state index is 0.658. The molecule has 3 heteroatoms. The van der Waals surface area contributed by atoms with Gasteiger partial charge in [0.2, 0.25) is 0 Å². The lowest BCUT2D eigenvalue weighted by atomic mass is 9.92. The smallest absolute Gasteiger partial charge is 0.164 e. The fourth-order valence-corrected chi connectivity index (χ4v) is 8.05. The molecule has 3 nitrogen and oxygen atoms in total. The summed E-state index contributed by atoms with van der Waals surface area (Å²) in [5.41, 5.74) is 8.02. The van der Waals surface area contributed by atoms with Gasteiger partial charge >= 0.3 is 0 Å². The van der Waals surface area contributed by atoms with Crippen LogP contribution in [0.1, 0.15) is 0 Å². The Morgan fingerprint density at radius 2 is 0.780 bits per heavy atom. The van der Waals surface area contributed by atoms with Crippen molar-refractivity contribution in [2.75, 3.05) is 0 Å². The zero-order valence-electron chi connectivity index (χ0n) is 26.9. The van der Waals surface area contributed by atoms with Crippen LogP contribution in [0.2, 0.25) is 0 Å². The van der Waals surface area contributed by atoms with Crippen LogP contribution in [-0.2, 0) is 0 Å². The number of hydrogen-bond acceptors (Lipinski definition) is 3. The average molecular weight is 634 g/mol. The Morgan fingerprint density at radius 3 is 1.46 bits per heavy atom. The molecule has 1 heterocycles. The average Bonchev–Trinajstić information content (AvgIpc) is 3.51. The highest BCUT2D eigenvalue weighted by atomic mass is 15.0. The van der Waals surface area contributed by atoms with Crippen molar-refractivity contribution in [3.63, 3.8) is 0 Å². The minimum atomic E-state index is 0.658. The summed E-state index contributed by atoms with van der Waals surface area (Å²) in [6.07, 6.45) is 0. The minimum Gasteiger partial charge on any atom is -0.208 e. The Balaban J connectivity index is 1.22. The van der Waals surface area contributed by atoms with Gasteiger partial charge in [0.1, 0.15) is 0 Å². The first-order valence-electron chi connectivity index (χ1n) is 17.0. The van der Waals surface area contributed by atoms with Gasteiger partial charge in [-0.05, 0) is 95.0 Å². The fourth-order valence-electron chi connectivity index (χ4n) is 8.05. The Labute approximate surface area is 288 Å². The van der Waals surface area contributed by atoms with E-state index in [0.29, 0.717) is 17.5 Å². The van der Waals surface area contributed by atoms with Gasteiger partial charge in [-0.2, -0.15) is 0 Å². The molecule has 1 aliphatic rings. The maximum Gasteiger partial charge on any atom is 0.164 e. The third-order valence-electron chi connectivity index (χ3n) is 10.4. The first kappa shape index (κ1) is 27.3. The molecule has 0 saturated heterocycles. The van der Waals surface area contributed by atoms with E-state index in [1.165, 1.54) is 65.3 Å². The maximum atomic E-state index is 5.28. The van der Waals surface area contributed by atoms with Gasteiger partial charge in [0, 0.05) is 22.1 Å². The van der Waals surface area contributed by atoms with Crippen LogP contribution in [0.5, 0.6) is 0 Å². The summed E-state index contributed by atoms with van der Waals surface area (Å²) in [7, 11) is 0. The number of aromatic nitrogens is 3. The molecule has 1 aromatic heterocycles. The van der Waals surface area contributed by atoms with E-state index in [1.807, 2.05) is 0 Å². The molecule has 230 valence electrons. The summed E-state index contributed by atoms with van der Waals surface area (Å²) in [5, 5.41) is 12.0. The quantitative estimate of drug-likeness (QED) is 0.182. The van der Waals surface area contributed by atoms with Crippen molar-refractivity contribution in [3.05, 3.63) is 164 Å². The molecule has 0 spiro atoms. The maximum absolute atomic E-state index is 5.28. The number of nitrogens with zero attached hydrogens (tertiary/aromatic N) is 3. The van der Waals surface area contributed by atoms with E-state index in [4.69, 9.17) is 15.0 Å². The van der Waals surface area contributed by atoms with E-state index in [-0.39, 0.29) is 0 Å². The molecule has 0 amide bonds. The molecule has 0 saturated carbocycles. The van der Waals surface area contributed by atoms with Crippen molar-refractivity contribution >= 4 is 53.9 Å². The van der Waals surface area contributed by atoms with Crippen molar-refractivity contribution in [3.8, 4) is 56.4 Å². The SMILES string of the molecule is c1ccc2cc(-c3nc(-c4ccc5ccccc5c4)nc(-c4ccc5c6c(cc7ccccc7c46)-c4ccc6ccccc6c4-5)n3)ccc2c1. The fraction of sp³-hybridized carbons (Fsp3) is 0. The summed E-state index contributed by atoms with van der Waals surface area (Å²) in [5.74, 6) is 1.98. The Hall–Kier alpha value is -6.71. The van der Waals surface area contributed by atoms with Crippen LogP contribution < -0.4 is 0 Å². The lowest BCUT2D eigenvalue weighted by molar-refractivity contribution is 1.08. The molecule has 0 fully saturated rings. The third kappa shape index (κ3) is 4.01. The lowest BCUT2D eigenvalue weighted by Crippen LogP contribution is -2.01. The number of benzene rings is 9. The number of fused-ring (bicyclic) bond motifs is 9. The van der Waals surface area contributed by atoms with Crippen LogP contribution in [0.3, 0.4) is 0 Å². The van der Waals surface area contributed by atoms with Crippen molar-refractivity contribution in [1.29, 1.82) is 0 Å². The first-order chi connectivity index (χ1) is 24.8. The topological polar surface area (TPSA) is 38.7 Å². The van der Waals surface area contributed by atoms with Crippen LogP contribution in [0.4, 0.5) is 0 Å². The van der Waals surface area contributed by atoms with Gasteiger partial charge in [-0.25, -0.2) is 15.0 Å². The molecule has 9 aromatic carbocycles. The van der Waals surface area contributed by atoms with Gasteiger partial charge in [-0.15, -0.1) is 0 Å². The van der Waals surface area contributed by atoms with Crippen LogP contribution in [0.15, 0.2) is 164 Å². The largest absolute Gasteiger partial charge is 0.208 e. The van der Waals surface area contributed by atoms with E-state index >= 15 is 0 Å². The van der Waals surface area contributed by atoms with E-state index in [9.17, 15) is 0 Å². The molecule has 0 atom stereocenters. The first-order valence-corrected chi connectivity index (χ1v) is 17.0. The molecule has 10 aromatic rings. The molecule has 0 bridgehead atoms. The van der Waals surface area contributed by atoms with E-state index < -0.39 is 0 Å². The molecular weight excluding hydrogens is 607 g/mol. The van der Waals surface area contributed by atoms with Crippen LogP contribution >= 0.6 is 0 Å². The molecule has 50 heavy (non-hydrogen) atoms. The van der Waals surface area contributed by atoms with Crippen LogP contribution in [0.25, 0.3) is 110 Å². The molecule has 1 aliphatic carbocycles. The summed E-state index contributed by atoms with van der Waals surface area (Å²) in [6.45, 7) is 0. The molecule has 11 rings (SSSR count). The van der Waals surface area contributed by atoms with E-state index in [2.05, 4.69) is 164 Å². The normalized spacial score (nSPS) is 12.0.